The zero-order valence-electron chi connectivity index (χ0n) is 10.2. The molecule has 2 rings (SSSR count). The fraction of sp³-hybridized carbons (Fsp3) is 0.667. The minimum atomic E-state index is 0.0110. The topological polar surface area (TPSA) is 49.0 Å². The fourth-order valence-electron chi connectivity index (χ4n) is 1.88. The second-order valence-corrected chi connectivity index (χ2v) is 5.06. The van der Waals surface area contributed by atoms with E-state index in [1.165, 1.54) is 12.8 Å². The maximum atomic E-state index is 12.0. The van der Waals surface area contributed by atoms with E-state index >= 15 is 0 Å². The maximum Gasteiger partial charge on any atom is 0.274 e. The summed E-state index contributed by atoms with van der Waals surface area (Å²) in [5.74, 6) is 1.11. The van der Waals surface area contributed by atoms with Gasteiger partial charge >= 0.3 is 0 Å². The molecule has 0 unspecified atom stereocenters. The highest BCUT2D eigenvalue weighted by Gasteiger charge is 2.27. The summed E-state index contributed by atoms with van der Waals surface area (Å²) in [6.45, 7) is 4.97. The molecule has 1 fully saturated rings. The van der Waals surface area contributed by atoms with E-state index < -0.39 is 0 Å². The minimum absolute atomic E-state index is 0.0110. The number of rotatable bonds is 4. The molecule has 0 radical (unpaired) electrons. The van der Waals surface area contributed by atoms with E-state index in [0.717, 1.165) is 12.2 Å². The van der Waals surface area contributed by atoms with Gasteiger partial charge < -0.3 is 4.90 Å². The lowest BCUT2D eigenvalue weighted by Crippen LogP contribution is -2.30. The summed E-state index contributed by atoms with van der Waals surface area (Å²) in [7, 11) is 1.83. The highest BCUT2D eigenvalue weighted by Crippen LogP contribution is 2.39. The lowest BCUT2D eigenvalue weighted by molar-refractivity contribution is 0.0773. The lowest BCUT2D eigenvalue weighted by atomic mass is 10.2. The van der Waals surface area contributed by atoms with Crippen LogP contribution in [0, 0.1) is 5.92 Å². The molecule has 0 aliphatic heterocycles. The van der Waals surface area contributed by atoms with Gasteiger partial charge in [0, 0.05) is 25.2 Å². The van der Waals surface area contributed by atoms with Crippen molar-refractivity contribution in [2.24, 2.45) is 5.92 Å². The summed E-state index contributed by atoms with van der Waals surface area (Å²) in [4.78, 5) is 13.7. The SMILES string of the molecule is CC(C)CN(C)C(=O)c1cc(C2CC2)[nH]n1. The first kappa shape index (κ1) is 11.2. The van der Waals surface area contributed by atoms with Crippen molar-refractivity contribution in [3.63, 3.8) is 0 Å². The van der Waals surface area contributed by atoms with Crippen molar-refractivity contribution >= 4 is 5.91 Å². The van der Waals surface area contributed by atoms with Gasteiger partial charge in [-0.25, -0.2) is 0 Å². The summed E-state index contributed by atoms with van der Waals surface area (Å²) < 4.78 is 0. The molecule has 0 atom stereocenters. The summed E-state index contributed by atoms with van der Waals surface area (Å²) in [5, 5.41) is 7.05. The first-order valence-electron chi connectivity index (χ1n) is 5.88. The van der Waals surface area contributed by atoms with E-state index in [0.29, 0.717) is 17.5 Å². The molecular formula is C12H19N3O. The third-order valence-electron chi connectivity index (χ3n) is 2.82. The van der Waals surface area contributed by atoms with Crippen LogP contribution in [0.5, 0.6) is 0 Å². The predicted octanol–water partition coefficient (Wildman–Crippen LogP) is 2.02. The van der Waals surface area contributed by atoms with Gasteiger partial charge in [0.25, 0.3) is 5.91 Å². The van der Waals surface area contributed by atoms with Crippen molar-refractivity contribution in [2.45, 2.75) is 32.6 Å². The van der Waals surface area contributed by atoms with Crippen molar-refractivity contribution in [1.29, 1.82) is 0 Å². The van der Waals surface area contributed by atoms with Crippen LogP contribution in [0.15, 0.2) is 6.07 Å². The Hall–Kier alpha value is -1.32. The zero-order chi connectivity index (χ0) is 11.7. The van der Waals surface area contributed by atoms with E-state index in [2.05, 4.69) is 24.0 Å². The van der Waals surface area contributed by atoms with Gasteiger partial charge in [-0.1, -0.05) is 13.8 Å². The lowest BCUT2D eigenvalue weighted by Gasteiger charge is -2.17. The van der Waals surface area contributed by atoms with Crippen molar-refractivity contribution in [2.75, 3.05) is 13.6 Å². The average Bonchev–Trinajstić information content (AvgIpc) is 2.95. The molecule has 1 aromatic heterocycles. The number of carbonyl (C=O) groups is 1. The Bertz CT molecular complexity index is 379. The van der Waals surface area contributed by atoms with Crippen molar-refractivity contribution < 1.29 is 4.79 Å². The van der Waals surface area contributed by atoms with Gasteiger partial charge in [0.05, 0.1) is 0 Å². The third-order valence-corrected chi connectivity index (χ3v) is 2.82. The van der Waals surface area contributed by atoms with Crippen LogP contribution in [0.3, 0.4) is 0 Å². The van der Waals surface area contributed by atoms with Crippen LogP contribution in [0.1, 0.15) is 48.8 Å². The number of aromatic amines is 1. The van der Waals surface area contributed by atoms with Crippen LogP contribution < -0.4 is 0 Å². The molecule has 0 saturated heterocycles. The normalized spacial score (nSPS) is 15.5. The molecule has 16 heavy (non-hydrogen) atoms. The Labute approximate surface area is 96.0 Å². The summed E-state index contributed by atoms with van der Waals surface area (Å²) in [6, 6.07) is 1.90. The Balaban J connectivity index is 2.01. The molecular weight excluding hydrogens is 202 g/mol. The highest BCUT2D eigenvalue weighted by molar-refractivity contribution is 5.92. The quantitative estimate of drug-likeness (QED) is 0.845. The Morgan fingerprint density at radius 3 is 2.88 bits per heavy atom. The van der Waals surface area contributed by atoms with E-state index in [1.54, 1.807) is 4.90 Å². The van der Waals surface area contributed by atoms with Crippen molar-refractivity contribution in [3.8, 4) is 0 Å². The Morgan fingerprint density at radius 2 is 2.31 bits per heavy atom. The van der Waals surface area contributed by atoms with Crippen LogP contribution in [0.2, 0.25) is 0 Å². The van der Waals surface area contributed by atoms with Gasteiger partial charge in [-0.15, -0.1) is 0 Å². The largest absolute Gasteiger partial charge is 0.340 e. The molecule has 0 spiro atoms. The van der Waals surface area contributed by atoms with Crippen LogP contribution in [0.4, 0.5) is 0 Å². The number of amides is 1. The van der Waals surface area contributed by atoms with Crippen LogP contribution >= 0.6 is 0 Å². The number of nitrogens with zero attached hydrogens (tertiary/aromatic N) is 2. The van der Waals surface area contributed by atoms with Gasteiger partial charge in [-0.2, -0.15) is 5.10 Å². The van der Waals surface area contributed by atoms with E-state index in [1.807, 2.05) is 13.1 Å². The van der Waals surface area contributed by atoms with Gasteiger partial charge in [0.1, 0.15) is 5.69 Å². The molecule has 1 aliphatic rings. The fourth-order valence-corrected chi connectivity index (χ4v) is 1.88. The molecule has 4 nitrogen and oxygen atoms in total. The second-order valence-electron chi connectivity index (χ2n) is 5.06. The molecule has 1 aromatic rings. The number of carbonyl (C=O) groups excluding carboxylic acids is 1. The number of aromatic nitrogens is 2. The third kappa shape index (κ3) is 2.43. The molecule has 1 amide bonds. The second kappa shape index (κ2) is 4.28. The Kier molecular flexibility index (Phi) is 2.99. The van der Waals surface area contributed by atoms with Gasteiger partial charge in [-0.05, 0) is 24.8 Å². The smallest absolute Gasteiger partial charge is 0.274 e. The molecule has 1 N–H and O–H groups in total. The highest BCUT2D eigenvalue weighted by atomic mass is 16.2. The van der Waals surface area contributed by atoms with Crippen LogP contribution in [-0.4, -0.2) is 34.6 Å². The number of H-pyrrole nitrogens is 1. The maximum absolute atomic E-state index is 12.0. The average molecular weight is 221 g/mol. The molecule has 88 valence electrons. The number of hydrogen-bond donors (Lipinski definition) is 1. The van der Waals surface area contributed by atoms with Crippen LogP contribution in [-0.2, 0) is 0 Å². The summed E-state index contributed by atoms with van der Waals surface area (Å²) >= 11 is 0. The van der Waals surface area contributed by atoms with E-state index in [4.69, 9.17) is 0 Å². The summed E-state index contributed by atoms with van der Waals surface area (Å²) in [5.41, 5.74) is 1.66. The molecule has 0 aromatic carbocycles. The van der Waals surface area contributed by atoms with Crippen molar-refractivity contribution in [3.05, 3.63) is 17.5 Å². The standard InChI is InChI=1S/C12H19N3O/c1-8(2)7-15(3)12(16)11-6-10(13-14-11)9-4-5-9/h6,8-9H,4-5,7H2,1-3H3,(H,13,14). The summed E-state index contributed by atoms with van der Waals surface area (Å²) in [6.07, 6.45) is 2.44. The first-order chi connectivity index (χ1) is 7.58. The van der Waals surface area contributed by atoms with Gasteiger partial charge in [0.2, 0.25) is 0 Å². The van der Waals surface area contributed by atoms with Crippen molar-refractivity contribution in [1.82, 2.24) is 15.1 Å². The Morgan fingerprint density at radius 1 is 1.62 bits per heavy atom. The monoisotopic (exact) mass is 221 g/mol. The van der Waals surface area contributed by atoms with Gasteiger partial charge in [-0.3, -0.25) is 9.89 Å². The molecule has 4 heteroatoms. The number of hydrogen-bond acceptors (Lipinski definition) is 2. The van der Waals surface area contributed by atoms with Gasteiger partial charge in [0.15, 0.2) is 0 Å². The number of nitrogens with one attached hydrogen (secondary N) is 1. The molecule has 1 saturated carbocycles. The first-order valence-corrected chi connectivity index (χ1v) is 5.88. The molecule has 0 bridgehead atoms. The predicted molar refractivity (Wildman–Crippen MR) is 62.4 cm³/mol. The zero-order valence-corrected chi connectivity index (χ0v) is 10.2. The minimum Gasteiger partial charge on any atom is -0.340 e. The molecule has 1 heterocycles. The van der Waals surface area contributed by atoms with Crippen LogP contribution in [0.25, 0.3) is 0 Å². The van der Waals surface area contributed by atoms with E-state index in [-0.39, 0.29) is 5.91 Å². The molecule has 1 aliphatic carbocycles. The van der Waals surface area contributed by atoms with E-state index in [9.17, 15) is 4.79 Å².